The van der Waals surface area contributed by atoms with Gasteiger partial charge in [0.15, 0.2) is 0 Å². The minimum atomic E-state index is 0.265. The SMILES string of the molecule is CC1CC1c1ccc(CN2CCN(CCO)CC2)o1. The molecule has 106 valence electrons. The summed E-state index contributed by atoms with van der Waals surface area (Å²) in [5, 5.41) is 8.93. The van der Waals surface area contributed by atoms with Gasteiger partial charge < -0.3 is 9.52 Å². The minimum Gasteiger partial charge on any atom is -0.464 e. The van der Waals surface area contributed by atoms with Crippen LogP contribution in [0.4, 0.5) is 0 Å². The first-order chi connectivity index (χ1) is 9.26. The standard InChI is InChI=1S/C15H24N2O2/c1-12-10-14(12)15-3-2-13(19-15)11-17-6-4-16(5-7-17)8-9-18/h2-3,12,14,18H,4-11H2,1H3. The molecule has 1 saturated heterocycles. The van der Waals surface area contributed by atoms with Gasteiger partial charge in [0, 0.05) is 38.6 Å². The molecule has 0 aromatic carbocycles. The Hall–Kier alpha value is -0.840. The van der Waals surface area contributed by atoms with Crippen LogP contribution in [0.25, 0.3) is 0 Å². The van der Waals surface area contributed by atoms with Crippen molar-refractivity contribution in [1.29, 1.82) is 0 Å². The highest BCUT2D eigenvalue weighted by atomic mass is 16.3. The molecular formula is C15H24N2O2. The Morgan fingerprint density at radius 2 is 1.89 bits per heavy atom. The van der Waals surface area contributed by atoms with Crippen molar-refractivity contribution in [2.24, 2.45) is 5.92 Å². The molecule has 0 amide bonds. The molecule has 1 N–H and O–H groups in total. The molecule has 0 radical (unpaired) electrons. The lowest BCUT2D eigenvalue weighted by molar-refractivity contribution is 0.103. The van der Waals surface area contributed by atoms with E-state index in [-0.39, 0.29) is 6.61 Å². The summed E-state index contributed by atoms with van der Waals surface area (Å²) >= 11 is 0. The van der Waals surface area contributed by atoms with Gasteiger partial charge in [-0.05, 0) is 24.5 Å². The molecule has 2 atom stereocenters. The number of aliphatic hydroxyl groups is 1. The zero-order valence-electron chi connectivity index (χ0n) is 11.7. The number of piperazine rings is 1. The maximum Gasteiger partial charge on any atom is 0.118 e. The molecule has 2 heterocycles. The number of furan rings is 1. The highest BCUT2D eigenvalue weighted by molar-refractivity contribution is 5.17. The lowest BCUT2D eigenvalue weighted by Crippen LogP contribution is -2.46. The lowest BCUT2D eigenvalue weighted by atomic mass is 10.2. The van der Waals surface area contributed by atoms with Gasteiger partial charge >= 0.3 is 0 Å². The van der Waals surface area contributed by atoms with Crippen LogP contribution in [0.15, 0.2) is 16.5 Å². The van der Waals surface area contributed by atoms with E-state index in [0.717, 1.165) is 50.9 Å². The molecule has 1 aliphatic carbocycles. The molecule has 1 saturated carbocycles. The van der Waals surface area contributed by atoms with E-state index in [9.17, 15) is 0 Å². The van der Waals surface area contributed by atoms with Crippen LogP contribution in [-0.4, -0.2) is 54.2 Å². The van der Waals surface area contributed by atoms with Gasteiger partial charge in [0.1, 0.15) is 11.5 Å². The molecule has 1 aliphatic heterocycles. The molecule has 2 aliphatic rings. The molecule has 2 fully saturated rings. The smallest absolute Gasteiger partial charge is 0.118 e. The summed E-state index contributed by atoms with van der Waals surface area (Å²) in [5.41, 5.74) is 0. The fraction of sp³-hybridized carbons (Fsp3) is 0.733. The third kappa shape index (κ3) is 3.19. The minimum absolute atomic E-state index is 0.265. The van der Waals surface area contributed by atoms with E-state index in [0.29, 0.717) is 5.92 Å². The summed E-state index contributed by atoms with van der Waals surface area (Å²) in [5.74, 6) is 3.77. The van der Waals surface area contributed by atoms with E-state index < -0.39 is 0 Å². The van der Waals surface area contributed by atoms with E-state index in [2.05, 4.69) is 28.9 Å². The molecule has 3 rings (SSSR count). The summed E-state index contributed by atoms with van der Waals surface area (Å²) in [4.78, 5) is 4.75. The van der Waals surface area contributed by atoms with Crippen molar-refractivity contribution in [1.82, 2.24) is 9.80 Å². The second-order valence-electron chi connectivity index (χ2n) is 5.96. The van der Waals surface area contributed by atoms with Crippen LogP contribution in [-0.2, 0) is 6.54 Å². The topological polar surface area (TPSA) is 39.9 Å². The van der Waals surface area contributed by atoms with E-state index in [1.165, 1.54) is 12.2 Å². The zero-order chi connectivity index (χ0) is 13.2. The molecule has 1 aromatic rings. The third-order valence-electron chi connectivity index (χ3n) is 4.42. The van der Waals surface area contributed by atoms with Gasteiger partial charge in [-0.3, -0.25) is 9.80 Å². The van der Waals surface area contributed by atoms with E-state index >= 15 is 0 Å². The van der Waals surface area contributed by atoms with Crippen molar-refractivity contribution in [3.05, 3.63) is 23.7 Å². The fourth-order valence-corrected chi connectivity index (χ4v) is 2.93. The number of aliphatic hydroxyl groups excluding tert-OH is 1. The average molecular weight is 264 g/mol. The van der Waals surface area contributed by atoms with Crippen LogP contribution in [0.1, 0.15) is 30.8 Å². The second kappa shape index (κ2) is 5.65. The monoisotopic (exact) mass is 264 g/mol. The summed E-state index contributed by atoms with van der Waals surface area (Å²) in [6, 6.07) is 4.30. The number of hydrogen-bond donors (Lipinski definition) is 1. The number of rotatable bonds is 5. The normalized spacial score (nSPS) is 28.7. The number of β-amino-alcohol motifs (C(OH)–C–C–N with tert-alkyl or cyclic N) is 1. The third-order valence-corrected chi connectivity index (χ3v) is 4.42. The van der Waals surface area contributed by atoms with Crippen molar-refractivity contribution in [2.75, 3.05) is 39.3 Å². The van der Waals surface area contributed by atoms with E-state index in [4.69, 9.17) is 9.52 Å². The van der Waals surface area contributed by atoms with Crippen molar-refractivity contribution < 1.29 is 9.52 Å². The summed E-state index contributed by atoms with van der Waals surface area (Å²) in [6.07, 6.45) is 1.28. The highest BCUT2D eigenvalue weighted by Crippen LogP contribution is 2.47. The van der Waals surface area contributed by atoms with Gasteiger partial charge in [0.25, 0.3) is 0 Å². The van der Waals surface area contributed by atoms with Crippen molar-refractivity contribution in [3.63, 3.8) is 0 Å². The Kier molecular flexibility index (Phi) is 3.91. The molecule has 4 heteroatoms. The van der Waals surface area contributed by atoms with Gasteiger partial charge in [-0.1, -0.05) is 6.92 Å². The van der Waals surface area contributed by atoms with Gasteiger partial charge in [-0.15, -0.1) is 0 Å². The van der Waals surface area contributed by atoms with Crippen LogP contribution in [0.2, 0.25) is 0 Å². The first-order valence-electron chi connectivity index (χ1n) is 7.40. The summed E-state index contributed by atoms with van der Waals surface area (Å²) in [7, 11) is 0. The first kappa shape index (κ1) is 13.2. The predicted molar refractivity (Wildman–Crippen MR) is 74.0 cm³/mol. The Bertz CT molecular complexity index is 410. The molecule has 1 aromatic heterocycles. The summed E-state index contributed by atoms with van der Waals surface area (Å²) in [6.45, 7) is 8.51. The Morgan fingerprint density at radius 1 is 1.21 bits per heavy atom. The molecule has 19 heavy (non-hydrogen) atoms. The van der Waals surface area contributed by atoms with Gasteiger partial charge in [-0.25, -0.2) is 0 Å². The molecule has 4 nitrogen and oxygen atoms in total. The largest absolute Gasteiger partial charge is 0.464 e. The van der Waals surface area contributed by atoms with Crippen LogP contribution >= 0.6 is 0 Å². The van der Waals surface area contributed by atoms with Gasteiger partial charge in [-0.2, -0.15) is 0 Å². The van der Waals surface area contributed by atoms with Gasteiger partial charge in [0.2, 0.25) is 0 Å². The Morgan fingerprint density at radius 3 is 2.53 bits per heavy atom. The van der Waals surface area contributed by atoms with Crippen LogP contribution in [0.3, 0.4) is 0 Å². The molecule has 0 bridgehead atoms. The molecular weight excluding hydrogens is 240 g/mol. The summed E-state index contributed by atoms with van der Waals surface area (Å²) < 4.78 is 5.96. The Balaban J connectivity index is 1.48. The van der Waals surface area contributed by atoms with Crippen molar-refractivity contribution >= 4 is 0 Å². The van der Waals surface area contributed by atoms with Crippen LogP contribution in [0, 0.1) is 5.92 Å². The van der Waals surface area contributed by atoms with Crippen LogP contribution < -0.4 is 0 Å². The quantitative estimate of drug-likeness (QED) is 0.875. The van der Waals surface area contributed by atoms with E-state index in [1.54, 1.807) is 0 Å². The lowest BCUT2D eigenvalue weighted by Gasteiger charge is -2.33. The maximum absolute atomic E-state index is 8.93. The van der Waals surface area contributed by atoms with Crippen LogP contribution in [0.5, 0.6) is 0 Å². The maximum atomic E-state index is 8.93. The molecule has 2 unspecified atom stereocenters. The second-order valence-corrected chi connectivity index (χ2v) is 5.96. The fourth-order valence-electron chi connectivity index (χ4n) is 2.93. The Labute approximate surface area is 115 Å². The molecule has 0 spiro atoms. The number of nitrogens with zero attached hydrogens (tertiary/aromatic N) is 2. The highest BCUT2D eigenvalue weighted by Gasteiger charge is 2.36. The average Bonchev–Trinajstić information content (AvgIpc) is 2.97. The van der Waals surface area contributed by atoms with E-state index in [1.807, 2.05) is 0 Å². The first-order valence-corrected chi connectivity index (χ1v) is 7.40. The number of hydrogen-bond acceptors (Lipinski definition) is 4. The zero-order valence-corrected chi connectivity index (χ0v) is 11.7. The van der Waals surface area contributed by atoms with Crippen molar-refractivity contribution in [2.45, 2.75) is 25.8 Å². The van der Waals surface area contributed by atoms with Gasteiger partial charge in [0.05, 0.1) is 13.2 Å². The van der Waals surface area contributed by atoms with Crippen molar-refractivity contribution in [3.8, 4) is 0 Å². The predicted octanol–water partition coefficient (Wildman–Crippen LogP) is 1.51.